The van der Waals surface area contributed by atoms with Gasteiger partial charge in [-0.3, -0.25) is 19.9 Å². The molecule has 6 nitrogen and oxygen atoms in total. The molecular weight excluding hydrogens is 587 g/mol. The molecule has 0 N–H and O–H groups in total. The second-order valence-corrected chi connectivity index (χ2v) is 12.0. The normalized spacial score (nSPS) is 16.6. The molecule has 0 aliphatic carbocycles. The second kappa shape index (κ2) is 8.92. The van der Waals surface area contributed by atoms with Crippen LogP contribution in [0.4, 0.5) is 0 Å². The minimum Gasteiger partial charge on any atom is -0.414 e. The molecule has 202 valence electrons. The second-order valence-electron chi connectivity index (χ2n) is 12.0. The summed E-state index contributed by atoms with van der Waals surface area (Å²) in [7, 11) is 0. The van der Waals surface area contributed by atoms with Crippen LogP contribution in [0.25, 0.3) is 33.7 Å². The van der Waals surface area contributed by atoms with Crippen molar-refractivity contribution in [1.29, 1.82) is 0 Å². The first-order valence-corrected chi connectivity index (χ1v) is 13.3. The number of aromatic nitrogens is 6. The molecule has 0 spiro atoms. The maximum atomic E-state index is 5.16. The van der Waals surface area contributed by atoms with E-state index in [4.69, 9.17) is 19.9 Å². The van der Waals surface area contributed by atoms with E-state index in [1.54, 1.807) is 0 Å². The van der Waals surface area contributed by atoms with E-state index < -0.39 is 5.41 Å². The molecule has 7 rings (SSSR count). The van der Waals surface area contributed by atoms with Gasteiger partial charge in [0.15, 0.2) is 0 Å². The minimum atomic E-state index is -0.455. The molecule has 0 saturated heterocycles. The molecule has 6 aromatic rings. The molecule has 0 radical (unpaired) electrons. The first-order chi connectivity index (χ1) is 18.6. The predicted octanol–water partition coefficient (Wildman–Crippen LogP) is 6.65. The van der Waals surface area contributed by atoms with Gasteiger partial charge in [-0.05, 0) is 36.8 Å². The summed E-state index contributed by atoms with van der Waals surface area (Å²) < 4.78 is 4.03. The Kier molecular flexibility index (Phi) is 5.93. The number of hydrogen-bond donors (Lipinski definition) is 0. The van der Waals surface area contributed by atoms with Gasteiger partial charge in [0.05, 0.1) is 11.6 Å². The molecule has 7 heterocycles. The van der Waals surface area contributed by atoms with Gasteiger partial charge in [0, 0.05) is 40.5 Å². The summed E-state index contributed by atoms with van der Waals surface area (Å²) in [4.78, 5) is 19.9. The zero-order chi connectivity index (χ0) is 27.2. The number of fused-ring (bicyclic) bond motifs is 16. The van der Waals surface area contributed by atoms with Crippen LogP contribution in [0.1, 0.15) is 64.1 Å². The molecule has 8 bridgehead atoms. The Labute approximate surface area is 248 Å². The van der Waals surface area contributed by atoms with Crippen molar-refractivity contribution < 1.29 is 20.4 Å². The molecule has 40 heavy (non-hydrogen) atoms. The Morgan fingerprint density at radius 2 is 1.00 bits per heavy atom. The van der Waals surface area contributed by atoms with E-state index in [0.29, 0.717) is 0 Å². The molecule has 1 aliphatic heterocycles. The van der Waals surface area contributed by atoms with Crippen molar-refractivity contribution in [3.05, 3.63) is 108 Å². The Morgan fingerprint density at radius 3 is 1.43 bits per heavy atom. The first-order valence-electron chi connectivity index (χ1n) is 13.3. The van der Waals surface area contributed by atoms with Crippen LogP contribution in [-0.2, 0) is 36.7 Å². The summed E-state index contributed by atoms with van der Waals surface area (Å²) in [6.45, 7) is 13.5. The Morgan fingerprint density at radius 1 is 0.575 bits per heavy atom. The van der Waals surface area contributed by atoms with Crippen LogP contribution >= 0.6 is 0 Å². The SMILES string of the molecule is CC1(C)c2cccc(n2)-n2[c-]c(c3cccnc32)C(C)(C)C(C)(C)c2[c-]n(c3ncccc23)-c2cccc1n2.[Pd+2]. The summed E-state index contributed by atoms with van der Waals surface area (Å²) in [6, 6.07) is 20.6. The fraction of sp³-hybridized carbons (Fsp3) is 0.273. The average molecular weight is 617 g/mol. The van der Waals surface area contributed by atoms with Crippen LogP contribution < -0.4 is 0 Å². The van der Waals surface area contributed by atoms with E-state index in [2.05, 4.69) is 90.3 Å². The third kappa shape index (κ3) is 3.57. The van der Waals surface area contributed by atoms with Gasteiger partial charge in [-0.15, -0.1) is 23.3 Å². The third-order valence-electron chi connectivity index (χ3n) is 9.00. The van der Waals surface area contributed by atoms with E-state index in [1.165, 1.54) is 0 Å². The number of nitrogens with zero attached hydrogens (tertiary/aromatic N) is 6. The van der Waals surface area contributed by atoms with Gasteiger partial charge in [0.25, 0.3) is 0 Å². The van der Waals surface area contributed by atoms with Crippen LogP contribution in [0.3, 0.4) is 0 Å². The maximum Gasteiger partial charge on any atom is 2.00 e. The summed E-state index contributed by atoms with van der Waals surface area (Å²) >= 11 is 0. The quantitative estimate of drug-likeness (QED) is 0.142. The molecule has 6 aromatic heterocycles. The summed E-state index contributed by atoms with van der Waals surface area (Å²) in [5.41, 5.74) is 4.54. The minimum absolute atomic E-state index is 0. The van der Waals surface area contributed by atoms with Crippen LogP contribution in [-0.4, -0.2) is 29.1 Å². The van der Waals surface area contributed by atoms with E-state index in [9.17, 15) is 0 Å². The molecule has 0 fully saturated rings. The van der Waals surface area contributed by atoms with Crippen molar-refractivity contribution >= 4 is 22.1 Å². The fourth-order valence-corrected chi connectivity index (χ4v) is 5.82. The van der Waals surface area contributed by atoms with Crippen molar-refractivity contribution in [1.82, 2.24) is 29.1 Å². The van der Waals surface area contributed by atoms with Gasteiger partial charge in [-0.2, -0.15) is 0 Å². The molecule has 0 unspecified atom stereocenters. The fourth-order valence-electron chi connectivity index (χ4n) is 5.82. The molecule has 1 aliphatic rings. The maximum absolute atomic E-state index is 5.16. The van der Waals surface area contributed by atoms with Gasteiger partial charge in [0.2, 0.25) is 0 Å². The van der Waals surface area contributed by atoms with Crippen molar-refractivity contribution in [2.24, 2.45) is 0 Å². The van der Waals surface area contributed by atoms with Crippen LogP contribution in [0.15, 0.2) is 73.1 Å². The number of hydrogen-bond acceptors (Lipinski definition) is 4. The largest absolute Gasteiger partial charge is 2.00 e. The first kappa shape index (κ1) is 26.6. The Hall–Kier alpha value is -3.66. The van der Waals surface area contributed by atoms with Crippen molar-refractivity contribution in [3.63, 3.8) is 0 Å². The molecule has 0 saturated carbocycles. The molecule has 0 amide bonds. The standard InChI is InChI=1S/C33H30N6.Pd/c1-31(2)25-13-7-15-27(36-25)38-19-23(21-11-9-17-34-29(21)38)32(3,4)33(5,6)24-20-39(28-16-8-14-26(31)37-28)30-22(24)12-10-18-35-30;/h7-18H,1-6H3;/q-2;+2. The van der Waals surface area contributed by atoms with Crippen LogP contribution in [0.2, 0.25) is 0 Å². The third-order valence-corrected chi connectivity index (χ3v) is 9.00. The van der Waals surface area contributed by atoms with Gasteiger partial charge < -0.3 is 9.13 Å². The van der Waals surface area contributed by atoms with Gasteiger partial charge in [-0.25, -0.2) is 0 Å². The topological polar surface area (TPSA) is 61.4 Å². The summed E-state index contributed by atoms with van der Waals surface area (Å²) in [5, 5.41) is 2.14. The van der Waals surface area contributed by atoms with Crippen molar-refractivity contribution in [3.8, 4) is 11.6 Å². The summed E-state index contributed by atoms with van der Waals surface area (Å²) in [5.74, 6) is 1.58. The molecule has 0 aromatic carbocycles. The molecular formula is C33H30N6Pd. The summed E-state index contributed by atoms with van der Waals surface area (Å²) in [6.07, 6.45) is 11.1. The predicted molar refractivity (Wildman–Crippen MR) is 154 cm³/mol. The Bertz CT molecular complexity index is 1770. The van der Waals surface area contributed by atoms with Gasteiger partial charge >= 0.3 is 20.4 Å². The van der Waals surface area contributed by atoms with Crippen molar-refractivity contribution in [2.45, 2.75) is 57.8 Å². The zero-order valence-corrected chi connectivity index (χ0v) is 25.0. The van der Waals surface area contributed by atoms with E-state index in [-0.39, 0.29) is 31.3 Å². The van der Waals surface area contributed by atoms with E-state index in [0.717, 1.165) is 56.2 Å². The van der Waals surface area contributed by atoms with Gasteiger partial charge in [-0.1, -0.05) is 87.3 Å². The monoisotopic (exact) mass is 616 g/mol. The number of rotatable bonds is 0. The van der Waals surface area contributed by atoms with E-state index in [1.807, 2.05) is 45.8 Å². The average Bonchev–Trinajstić information content (AvgIpc) is 3.53. The Balaban J connectivity index is 0.00000289. The van der Waals surface area contributed by atoms with E-state index >= 15 is 0 Å². The van der Waals surface area contributed by atoms with Crippen LogP contribution in [0.5, 0.6) is 0 Å². The smallest absolute Gasteiger partial charge is 0.414 e. The molecule has 7 heteroatoms. The van der Waals surface area contributed by atoms with Crippen LogP contribution in [0, 0.1) is 12.4 Å². The van der Waals surface area contributed by atoms with Gasteiger partial charge in [0.1, 0.15) is 0 Å². The number of pyridine rings is 4. The van der Waals surface area contributed by atoms with Crippen molar-refractivity contribution in [2.75, 3.05) is 0 Å². The molecule has 0 atom stereocenters. The zero-order valence-electron chi connectivity index (χ0n) is 23.4.